The molecule has 2 aliphatic heterocycles. The molecule has 2 fully saturated rings. The van der Waals surface area contributed by atoms with Gasteiger partial charge >= 0.3 is 5.97 Å². The lowest BCUT2D eigenvalue weighted by Gasteiger charge is -2.49. The number of aromatic hydroxyl groups is 2. The Labute approximate surface area is 125 Å². The lowest BCUT2D eigenvalue weighted by atomic mass is 9.57. The molecule has 0 saturated carbocycles. The summed E-state index contributed by atoms with van der Waals surface area (Å²) in [5, 5.41) is 30.1. The first-order chi connectivity index (χ1) is 10.4. The summed E-state index contributed by atoms with van der Waals surface area (Å²) in [7, 11) is 0. The summed E-state index contributed by atoms with van der Waals surface area (Å²) >= 11 is 0. The van der Waals surface area contributed by atoms with Crippen LogP contribution in [0, 0.1) is 5.41 Å². The van der Waals surface area contributed by atoms with Crippen LogP contribution in [0.2, 0.25) is 0 Å². The molecule has 1 aromatic rings. The second-order valence-corrected chi connectivity index (χ2v) is 6.07. The van der Waals surface area contributed by atoms with Crippen LogP contribution in [-0.2, 0) is 19.9 Å². The molecule has 4 rings (SSSR count). The smallest absolute Gasteiger partial charge is 0.313 e. The van der Waals surface area contributed by atoms with E-state index < -0.39 is 29.1 Å². The molecule has 1 aromatic carbocycles. The molecule has 2 heterocycles. The van der Waals surface area contributed by atoms with Crippen LogP contribution in [0.25, 0.3) is 0 Å². The van der Waals surface area contributed by atoms with E-state index in [1.165, 1.54) is 12.1 Å². The lowest BCUT2D eigenvalue weighted by Crippen LogP contribution is -2.58. The van der Waals surface area contributed by atoms with E-state index in [4.69, 9.17) is 9.47 Å². The van der Waals surface area contributed by atoms with Gasteiger partial charge in [0, 0.05) is 12.0 Å². The standard InChI is InChI=1S/C15H14O7/c16-7-1-2-8(17)12-11(7)9(18)5-14(13(19)20)4-3-10-21-6-15(12,14)22-10/h1-2,10,16-17H,3-6H2,(H,19,20)/t10-,14-,15+/m0/s1. The molecule has 2 saturated heterocycles. The average Bonchev–Trinajstić information content (AvgIpc) is 2.83. The molecule has 3 N–H and O–H groups in total. The Hall–Kier alpha value is -2.12. The highest BCUT2D eigenvalue weighted by molar-refractivity contribution is 6.05. The van der Waals surface area contributed by atoms with Crippen LogP contribution < -0.4 is 0 Å². The predicted molar refractivity (Wildman–Crippen MR) is 70.5 cm³/mol. The van der Waals surface area contributed by atoms with Gasteiger partial charge in [-0.1, -0.05) is 0 Å². The molecule has 0 radical (unpaired) electrons. The zero-order valence-corrected chi connectivity index (χ0v) is 11.5. The van der Waals surface area contributed by atoms with E-state index in [2.05, 4.69) is 0 Å². The molecule has 3 atom stereocenters. The number of phenols is 2. The molecule has 0 amide bonds. The number of carboxylic acids is 1. The van der Waals surface area contributed by atoms with Crippen molar-refractivity contribution in [3.05, 3.63) is 23.3 Å². The van der Waals surface area contributed by atoms with Crippen molar-refractivity contribution in [3.8, 4) is 11.5 Å². The zero-order valence-electron chi connectivity index (χ0n) is 11.5. The third-order valence-corrected chi connectivity index (χ3v) is 5.10. The number of carbonyl (C=O) groups excluding carboxylic acids is 1. The van der Waals surface area contributed by atoms with Gasteiger partial charge in [0.15, 0.2) is 12.1 Å². The minimum atomic E-state index is -1.49. The summed E-state index contributed by atoms with van der Waals surface area (Å²) in [6.07, 6.45) is -0.262. The van der Waals surface area contributed by atoms with Gasteiger partial charge in [0.25, 0.3) is 0 Å². The number of ether oxygens (including phenoxy) is 2. The van der Waals surface area contributed by atoms with E-state index in [0.29, 0.717) is 6.42 Å². The molecule has 1 spiro atoms. The van der Waals surface area contributed by atoms with Crippen molar-refractivity contribution >= 4 is 11.8 Å². The first kappa shape index (κ1) is 13.5. The molecule has 22 heavy (non-hydrogen) atoms. The highest BCUT2D eigenvalue weighted by atomic mass is 16.7. The predicted octanol–water partition coefficient (Wildman–Crippen LogP) is 1.12. The first-order valence-electron chi connectivity index (χ1n) is 7.03. The summed E-state index contributed by atoms with van der Waals surface area (Å²) in [5.74, 6) is -2.22. The van der Waals surface area contributed by atoms with Crippen molar-refractivity contribution in [2.75, 3.05) is 6.61 Å². The topological polar surface area (TPSA) is 113 Å². The monoisotopic (exact) mass is 306 g/mol. The molecule has 7 heteroatoms. The fourth-order valence-electron chi connectivity index (χ4n) is 4.05. The Kier molecular flexibility index (Phi) is 2.46. The van der Waals surface area contributed by atoms with Crippen LogP contribution in [0.1, 0.15) is 35.2 Å². The summed E-state index contributed by atoms with van der Waals surface area (Å²) in [5.41, 5.74) is -2.97. The van der Waals surface area contributed by atoms with Gasteiger partial charge in [0.1, 0.15) is 22.5 Å². The largest absolute Gasteiger partial charge is 0.508 e. The van der Waals surface area contributed by atoms with Crippen molar-refractivity contribution in [3.63, 3.8) is 0 Å². The Morgan fingerprint density at radius 2 is 2.00 bits per heavy atom. The summed E-state index contributed by atoms with van der Waals surface area (Å²) < 4.78 is 11.3. The first-order valence-corrected chi connectivity index (χ1v) is 7.03. The minimum absolute atomic E-state index is 0.0355. The second-order valence-electron chi connectivity index (χ2n) is 6.07. The third-order valence-electron chi connectivity index (χ3n) is 5.10. The van der Waals surface area contributed by atoms with E-state index >= 15 is 0 Å². The van der Waals surface area contributed by atoms with Gasteiger partial charge in [-0.2, -0.15) is 0 Å². The van der Waals surface area contributed by atoms with E-state index in [9.17, 15) is 24.9 Å². The quantitative estimate of drug-likeness (QED) is 0.666. The molecule has 0 unspecified atom stereocenters. The number of hydrogen-bond acceptors (Lipinski definition) is 6. The van der Waals surface area contributed by atoms with Gasteiger partial charge in [-0.15, -0.1) is 0 Å². The number of carboxylic acid groups (broad SMARTS) is 1. The fourth-order valence-corrected chi connectivity index (χ4v) is 4.05. The number of rotatable bonds is 1. The van der Waals surface area contributed by atoms with Gasteiger partial charge in [-0.3, -0.25) is 9.59 Å². The normalized spacial score (nSPS) is 35.8. The van der Waals surface area contributed by atoms with Crippen molar-refractivity contribution in [2.45, 2.75) is 31.2 Å². The number of aliphatic carboxylic acids is 1. The van der Waals surface area contributed by atoms with Crippen molar-refractivity contribution < 1.29 is 34.4 Å². The number of benzene rings is 1. The highest BCUT2D eigenvalue weighted by Gasteiger charge is 2.69. The second kappa shape index (κ2) is 3.99. The van der Waals surface area contributed by atoms with Crippen LogP contribution in [0.5, 0.6) is 11.5 Å². The van der Waals surface area contributed by atoms with Gasteiger partial charge in [0.05, 0.1) is 12.2 Å². The van der Waals surface area contributed by atoms with Gasteiger partial charge in [0.2, 0.25) is 0 Å². The van der Waals surface area contributed by atoms with Crippen LogP contribution >= 0.6 is 0 Å². The van der Waals surface area contributed by atoms with Crippen molar-refractivity contribution in [1.82, 2.24) is 0 Å². The SMILES string of the molecule is O=C1C[C@]2(C(=O)O)CC[C@H]3OC[C@@]2(O3)c2c(O)ccc(O)c21. The van der Waals surface area contributed by atoms with Crippen LogP contribution in [-0.4, -0.2) is 40.0 Å². The summed E-state index contributed by atoms with van der Waals surface area (Å²) in [6.45, 7) is -0.0682. The average molecular weight is 306 g/mol. The minimum Gasteiger partial charge on any atom is -0.508 e. The summed E-state index contributed by atoms with van der Waals surface area (Å²) in [6, 6.07) is 2.45. The molecule has 0 aromatic heterocycles. The van der Waals surface area contributed by atoms with Crippen molar-refractivity contribution in [2.24, 2.45) is 5.41 Å². The molecule has 116 valence electrons. The van der Waals surface area contributed by atoms with E-state index in [1.54, 1.807) is 0 Å². The molecule has 1 aliphatic carbocycles. The van der Waals surface area contributed by atoms with Gasteiger partial charge in [-0.05, 0) is 25.0 Å². The highest BCUT2D eigenvalue weighted by Crippen LogP contribution is 2.62. The van der Waals surface area contributed by atoms with Crippen LogP contribution in [0.3, 0.4) is 0 Å². The molecular weight excluding hydrogens is 292 g/mol. The van der Waals surface area contributed by atoms with E-state index in [1.807, 2.05) is 0 Å². The molecule has 7 nitrogen and oxygen atoms in total. The number of Topliss-reactive ketones (excluding diaryl/α,β-unsaturated/α-hetero) is 1. The van der Waals surface area contributed by atoms with Crippen molar-refractivity contribution in [1.29, 1.82) is 0 Å². The number of carbonyl (C=O) groups is 2. The Morgan fingerprint density at radius 1 is 1.27 bits per heavy atom. The maximum Gasteiger partial charge on any atom is 0.313 e. The Balaban J connectivity index is 2.08. The van der Waals surface area contributed by atoms with Crippen LogP contribution in [0.15, 0.2) is 12.1 Å². The lowest BCUT2D eigenvalue weighted by molar-refractivity contribution is -0.207. The van der Waals surface area contributed by atoms with Gasteiger partial charge < -0.3 is 24.8 Å². The fraction of sp³-hybridized carbons (Fsp3) is 0.467. The summed E-state index contributed by atoms with van der Waals surface area (Å²) in [4.78, 5) is 24.5. The number of fused-ring (bicyclic) bond motifs is 2. The molecule has 2 bridgehead atoms. The maximum atomic E-state index is 12.5. The van der Waals surface area contributed by atoms with Crippen LogP contribution in [0.4, 0.5) is 0 Å². The molecule has 3 aliphatic rings. The van der Waals surface area contributed by atoms with E-state index in [-0.39, 0.29) is 42.1 Å². The molecular formula is C15H14O7. The number of ketones is 1. The Bertz CT molecular complexity index is 712. The number of hydrogen-bond donors (Lipinski definition) is 3. The third kappa shape index (κ3) is 1.33. The van der Waals surface area contributed by atoms with Gasteiger partial charge in [-0.25, -0.2) is 0 Å². The Morgan fingerprint density at radius 3 is 2.73 bits per heavy atom. The number of phenolic OH excluding ortho intramolecular Hbond substituents is 2. The van der Waals surface area contributed by atoms with E-state index in [0.717, 1.165) is 0 Å². The maximum absolute atomic E-state index is 12.5. The zero-order chi connectivity index (χ0) is 15.7.